The molecule has 0 aliphatic heterocycles. The van der Waals surface area contributed by atoms with Gasteiger partial charge in [0.05, 0.1) is 0 Å². The minimum Gasteiger partial charge on any atom is -0.361 e. The molecule has 7 heteroatoms. The number of nitrogens with zero attached hydrogens (tertiary/aromatic N) is 2. The van der Waals surface area contributed by atoms with Crippen LogP contribution in [0, 0.1) is 12.7 Å². The average molecular weight is 501 g/mol. The molecule has 192 valence electrons. The first-order valence-corrected chi connectivity index (χ1v) is 12.5. The van der Waals surface area contributed by atoms with E-state index in [1.165, 1.54) is 23.1 Å². The highest BCUT2D eigenvalue weighted by Crippen LogP contribution is 2.19. The normalized spacial score (nSPS) is 11.1. The summed E-state index contributed by atoms with van der Waals surface area (Å²) < 4.78 is 13.6. The van der Waals surface area contributed by atoms with Crippen molar-refractivity contribution < 1.29 is 14.0 Å². The van der Waals surface area contributed by atoms with Crippen molar-refractivity contribution in [3.8, 4) is 0 Å². The molecule has 3 aromatic carbocycles. The zero-order valence-electron chi connectivity index (χ0n) is 21.5. The fourth-order valence-corrected chi connectivity index (χ4v) is 4.30. The molecule has 6 nitrogen and oxygen atoms in total. The summed E-state index contributed by atoms with van der Waals surface area (Å²) in [4.78, 5) is 33.2. The molecule has 0 unspecified atom stereocenters. The van der Waals surface area contributed by atoms with E-state index in [4.69, 9.17) is 0 Å². The maximum Gasteiger partial charge on any atom is 0.322 e. The number of fused-ring (bicyclic) bond motifs is 1. The molecule has 4 rings (SSSR count). The third-order valence-electron chi connectivity index (χ3n) is 6.44. The Morgan fingerprint density at radius 1 is 1.00 bits per heavy atom. The number of halogens is 1. The summed E-state index contributed by atoms with van der Waals surface area (Å²) >= 11 is 0. The molecule has 0 saturated heterocycles. The number of H-pyrrole nitrogens is 1. The molecule has 0 saturated carbocycles. The van der Waals surface area contributed by atoms with Crippen LogP contribution >= 0.6 is 0 Å². The van der Waals surface area contributed by atoms with Gasteiger partial charge in [-0.1, -0.05) is 54.1 Å². The van der Waals surface area contributed by atoms with Crippen LogP contribution in [0.25, 0.3) is 10.9 Å². The van der Waals surface area contributed by atoms with Gasteiger partial charge in [-0.15, -0.1) is 0 Å². The fourth-order valence-electron chi connectivity index (χ4n) is 4.30. The number of para-hydroxylation sites is 1. The molecule has 1 aromatic heterocycles. The monoisotopic (exact) mass is 500 g/mol. The Bertz CT molecular complexity index is 1360. The minimum absolute atomic E-state index is 0.0848. The van der Waals surface area contributed by atoms with Gasteiger partial charge in [0.2, 0.25) is 5.91 Å². The van der Waals surface area contributed by atoms with Crippen LogP contribution in [0.1, 0.15) is 30.5 Å². The van der Waals surface area contributed by atoms with Gasteiger partial charge in [-0.25, -0.2) is 9.18 Å². The highest BCUT2D eigenvalue weighted by Gasteiger charge is 2.24. The maximum atomic E-state index is 13.6. The highest BCUT2D eigenvalue weighted by atomic mass is 19.1. The molecule has 37 heavy (non-hydrogen) atoms. The van der Waals surface area contributed by atoms with E-state index in [0.717, 1.165) is 27.6 Å². The second kappa shape index (κ2) is 11.7. The van der Waals surface area contributed by atoms with Gasteiger partial charge in [-0.3, -0.25) is 4.79 Å². The number of carbonyl (C=O) groups is 2. The zero-order valence-corrected chi connectivity index (χ0v) is 21.5. The fraction of sp³-hybridized carbons (Fsp3) is 0.267. The van der Waals surface area contributed by atoms with Crippen molar-refractivity contribution in [1.29, 1.82) is 0 Å². The van der Waals surface area contributed by atoms with Gasteiger partial charge in [0.1, 0.15) is 12.4 Å². The average Bonchev–Trinajstić information content (AvgIpc) is 3.29. The smallest absolute Gasteiger partial charge is 0.322 e. The summed E-state index contributed by atoms with van der Waals surface area (Å²) in [6, 6.07) is 21.3. The van der Waals surface area contributed by atoms with Crippen molar-refractivity contribution in [2.45, 2.75) is 39.8 Å². The molecule has 0 radical (unpaired) electrons. The predicted molar refractivity (Wildman–Crippen MR) is 146 cm³/mol. The number of nitrogens with one attached hydrogen (secondary N) is 2. The van der Waals surface area contributed by atoms with E-state index in [1.807, 2.05) is 69.4 Å². The molecule has 0 spiro atoms. The van der Waals surface area contributed by atoms with E-state index in [2.05, 4.69) is 16.4 Å². The van der Waals surface area contributed by atoms with Crippen LogP contribution in [0.3, 0.4) is 0 Å². The summed E-state index contributed by atoms with van der Waals surface area (Å²) in [6.45, 7) is 6.61. The summed E-state index contributed by atoms with van der Waals surface area (Å²) in [5.74, 6) is -0.588. The number of benzene rings is 3. The number of hydrogen-bond donors (Lipinski definition) is 2. The molecule has 0 atom stereocenters. The number of carbonyl (C=O) groups excluding carboxylic acids is 2. The van der Waals surface area contributed by atoms with Crippen molar-refractivity contribution in [1.82, 2.24) is 14.8 Å². The number of aromatic amines is 1. The Balaban J connectivity index is 1.51. The number of rotatable bonds is 9. The molecule has 0 aliphatic rings. The van der Waals surface area contributed by atoms with Gasteiger partial charge >= 0.3 is 6.03 Å². The van der Waals surface area contributed by atoms with Crippen molar-refractivity contribution in [3.63, 3.8) is 0 Å². The van der Waals surface area contributed by atoms with Crippen LogP contribution in [0.4, 0.5) is 14.9 Å². The zero-order chi connectivity index (χ0) is 26.4. The second-order valence-electron chi connectivity index (χ2n) is 9.57. The van der Waals surface area contributed by atoms with Crippen molar-refractivity contribution in [2.75, 3.05) is 18.4 Å². The second-order valence-corrected chi connectivity index (χ2v) is 9.57. The molecule has 3 amide bonds. The molecule has 0 fully saturated rings. The van der Waals surface area contributed by atoms with Crippen LogP contribution in [0.2, 0.25) is 0 Å². The van der Waals surface area contributed by atoms with E-state index < -0.39 is 11.8 Å². The highest BCUT2D eigenvalue weighted by molar-refractivity contribution is 5.92. The van der Waals surface area contributed by atoms with Crippen molar-refractivity contribution in [2.24, 2.45) is 0 Å². The van der Waals surface area contributed by atoms with Crippen molar-refractivity contribution >= 4 is 28.5 Å². The molecule has 1 heterocycles. The van der Waals surface area contributed by atoms with Crippen LogP contribution < -0.4 is 5.32 Å². The van der Waals surface area contributed by atoms with Crippen LogP contribution in [0.5, 0.6) is 0 Å². The van der Waals surface area contributed by atoms with Crippen LogP contribution in [-0.2, 0) is 17.8 Å². The van der Waals surface area contributed by atoms with E-state index in [9.17, 15) is 14.0 Å². The van der Waals surface area contributed by atoms with E-state index in [-0.39, 0.29) is 18.5 Å². The van der Waals surface area contributed by atoms with Gasteiger partial charge in [0, 0.05) is 41.9 Å². The van der Waals surface area contributed by atoms with E-state index in [0.29, 0.717) is 25.2 Å². The van der Waals surface area contributed by atoms with Crippen LogP contribution in [-0.4, -0.2) is 45.9 Å². The minimum atomic E-state index is -0.444. The lowest BCUT2D eigenvalue weighted by Crippen LogP contribution is -2.47. The first kappa shape index (κ1) is 25.9. The number of amides is 3. The number of aromatic nitrogens is 1. The third-order valence-corrected chi connectivity index (χ3v) is 6.44. The Morgan fingerprint density at radius 2 is 1.76 bits per heavy atom. The SMILES string of the molecule is Cc1ccc(CN(CCc2c[nH]c3ccccc23)C(=O)CN(C(=O)Nc2cccc(F)c2)C(C)C)cc1. The summed E-state index contributed by atoms with van der Waals surface area (Å²) in [6.07, 6.45) is 2.67. The van der Waals surface area contributed by atoms with Gasteiger partial charge in [0.25, 0.3) is 0 Å². The van der Waals surface area contributed by atoms with Gasteiger partial charge in [-0.05, 0) is 62.6 Å². The van der Waals surface area contributed by atoms with Gasteiger partial charge in [0.15, 0.2) is 0 Å². The van der Waals surface area contributed by atoms with Crippen LogP contribution in [0.15, 0.2) is 79.0 Å². The lowest BCUT2D eigenvalue weighted by molar-refractivity contribution is -0.132. The standard InChI is InChI=1S/C30H33FN4O2/c1-21(2)35(30(37)33-26-8-6-7-25(31)17-26)20-29(36)34(19-23-13-11-22(3)12-14-23)16-15-24-18-32-28-10-5-4-9-27(24)28/h4-14,17-18,21,32H,15-16,19-20H2,1-3H3,(H,33,37). The summed E-state index contributed by atoms with van der Waals surface area (Å²) in [5, 5.41) is 3.85. The first-order chi connectivity index (χ1) is 17.8. The maximum absolute atomic E-state index is 13.6. The Kier molecular flexibility index (Phi) is 8.23. The Morgan fingerprint density at radius 3 is 2.49 bits per heavy atom. The van der Waals surface area contributed by atoms with Crippen molar-refractivity contribution in [3.05, 3.63) is 102 Å². The summed E-state index contributed by atoms with van der Waals surface area (Å²) in [5.41, 5.74) is 4.73. The van der Waals surface area contributed by atoms with E-state index in [1.54, 1.807) is 11.0 Å². The summed E-state index contributed by atoms with van der Waals surface area (Å²) in [7, 11) is 0. The predicted octanol–water partition coefficient (Wildman–Crippen LogP) is 6.13. The quantitative estimate of drug-likeness (QED) is 0.290. The Labute approximate surface area is 217 Å². The third kappa shape index (κ3) is 6.76. The molecule has 2 N–H and O–H groups in total. The largest absolute Gasteiger partial charge is 0.361 e. The molecule has 0 aliphatic carbocycles. The first-order valence-electron chi connectivity index (χ1n) is 12.5. The lowest BCUT2D eigenvalue weighted by Gasteiger charge is -2.30. The molecule has 0 bridgehead atoms. The molecular formula is C30H33FN4O2. The Hall–Kier alpha value is -4.13. The van der Waals surface area contributed by atoms with Gasteiger partial charge < -0.3 is 20.1 Å². The van der Waals surface area contributed by atoms with Gasteiger partial charge in [-0.2, -0.15) is 0 Å². The number of anilines is 1. The topological polar surface area (TPSA) is 68.4 Å². The number of hydrogen-bond acceptors (Lipinski definition) is 2. The number of aryl methyl sites for hydroxylation is 1. The number of urea groups is 1. The van der Waals surface area contributed by atoms with E-state index >= 15 is 0 Å². The molecular weight excluding hydrogens is 467 g/mol. The molecule has 4 aromatic rings. The lowest BCUT2D eigenvalue weighted by atomic mass is 10.1.